The number of rotatable bonds is 3. The number of nitrogens with one attached hydrogen (secondary N) is 1. The first-order valence-corrected chi connectivity index (χ1v) is 7.66. The van der Waals surface area contributed by atoms with Crippen LogP contribution < -0.4 is 10.2 Å². The highest BCUT2D eigenvalue weighted by Crippen LogP contribution is 2.18. The molecular weight excluding hydrogens is 312 g/mol. The number of nitrogens with zero attached hydrogens (tertiary/aromatic N) is 3. The lowest BCUT2D eigenvalue weighted by Crippen LogP contribution is -2.56. The fourth-order valence-electron chi connectivity index (χ4n) is 2.41. The van der Waals surface area contributed by atoms with Gasteiger partial charge in [-0.15, -0.1) is 0 Å². The number of amides is 5. The van der Waals surface area contributed by atoms with Gasteiger partial charge in [-0.3, -0.25) is 9.69 Å². The number of aldehydes is 1. The third-order valence-electron chi connectivity index (χ3n) is 3.65. The highest BCUT2D eigenvalue weighted by Gasteiger charge is 2.33. The molecule has 128 valence electrons. The van der Waals surface area contributed by atoms with Crippen LogP contribution in [0.1, 0.15) is 6.92 Å². The predicted octanol–water partition coefficient (Wildman–Crippen LogP) is 0.686. The molecule has 0 atom stereocenters. The van der Waals surface area contributed by atoms with Gasteiger partial charge in [0.25, 0.3) is 0 Å². The number of urea groups is 2. The second-order valence-electron chi connectivity index (χ2n) is 5.27. The maximum absolute atomic E-state index is 12.8. The molecule has 1 aliphatic rings. The average molecular weight is 332 g/mol. The fraction of sp³-hybridized carbons (Fsp3) is 0.375. The van der Waals surface area contributed by atoms with Gasteiger partial charge in [0.1, 0.15) is 6.29 Å². The van der Waals surface area contributed by atoms with Crippen molar-refractivity contribution in [2.45, 2.75) is 6.92 Å². The number of imide groups is 2. The Bertz CT molecular complexity index is 614. The maximum atomic E-state index is 12.8. The van der Waals surface area contributed by atoms with Gasteiger partial charge in [0.2, 0.25) is 5.91 Å². The number of anilines is 1. The molecule has 1 N–H and O–H groups in total. The van der Waals surface area contributed by atoms with E-state index in [2.05, 4.69) is 5.32 Å². The molecule has 1 aromatic carbocycles. The van der Waals surface area contributed by atoms with Crippen molar-refractivity contribution in [2.75, 3.05) is 37.6 Å². The van der Waals surface area contributed by atoms with Crippen LogP contribution >= 0.6 is 0 Å². The highest BCUT2D eigenvalue weighted by molar-refractivity contribution is 6.17. The number of para-hydroxylation sites is 1. The Balaban J connectivity index is 2.35. The van der Waals surface area contributed by atoms with Crippen molar-refractivity contribution in [2.24, 2.45) is 0 Å². The van der Waals surface area contributed by atoms with Crippen LogP contribution in [0, 0.1) is 0 Å². The van der Waals surface area contributed by atoms with Crippen LogP contribution in [-0.4, -0.2) is 66.8 Å². The van der Waals surface area contributed by atoms with Crippen molar-refractivity contribution in [3.05, 3.63) is 30.3 Å². The Kier molecular flexibility index (Phi) is 6.02. The normalized spacial score (nSPS) is 14.0. The van der Waals surface area contributed by atoms with Crippen molar-refractivity contribution < 1.29 is 19.2 Å². The van der Waals surface area contributed by atoms with E-state index in [0.29, 0.717) is 38.2 Å². The smallest absolute Gasteiger partial charge is 0.321 e. The summed E-state index contributed by atoms with van der Waals surface area (Å²) in [7, 11) is 0. The molecule has 0 spiro atoms. The third kappa shape index (κ3) is 3.96. The molecule has 8 nitrogen and oxygen atoms in total. The van der Waals surface area contributed by atoms with E-state index in [9.17, 15) is 19.2 Å². The Morgan fingerprint density at radius 2 is 1.79 bits per heavy atom. The quantitative estimate of drug-likeness (QED) is 0.822. The lowest BCUT2D eigenvalue weighted by molar-refractivity contribution is -0.127. The summed E-state index contributed by atoms with van der Waals surface area (Å²) in [4.78, 5) is 51.3. The number of piperazine rings is 1. The topological polar surface area (TPSA) is 90.0 Å². The zero-order valence-electron chi connectivity index (χ0n) is 13.5. The van der Waals surface area contributed by atoms with Crippen LogP contribution in [0.2, 0.25) is 0 Å². The number of benzene rings is 1. The molecule has 1 saturated heterocycles. The molecule has 0 aromatic heterocycles. The van der Waals surface area contributed by atoms with E-state index >= 15 is 0 Å². The van der Waals surface area contributed by atoms with E-state index in [1.165, 1.54) is 6.92 Å². The van der Waals surface area contributed by atoms with Crippen molar-refractivity contribution in [1.29, 1.82) is 0 Å². The van der Waals surface area contributed by atoms with Gasteiger partial charge in [-0.2, -0.15) is 0 Å². The summed E-state index contributed by atoms with van der Waals surface area (Å²) in [5, 5.41) is 3.13. The van der Waals surface area contributed by atoms with Gasteiger partial charge in [-0.1, -0.05) is 18.2 Å². The van der Waals surface area contributed by atoms with Crippen LogP contribution in [-0.2, 0) is 9.59 Å². The Labute approximate surface area is 140 Å². The van der Waals surface area contributed by atoms with Gasteiger partial charge in [-0.05, 0) is 12.1 Å². The van der Waals surface area contributed by atoms with Gasteiger partial charge in [0.15, 0.2) is 0 Å². The predicted molar refractivity (Wildman–Crippen MR) is 87.6 cm³/mol. The number of hydrogen-bond acceptors (Lipinski definition) is 5. The molecule has 0 aliphatic carbocycles. The van der Waals surface area contributed by atoms with E-state index < -0.39 is 24.5 Å². The SMILES string of the molecule is CC(=O)N(CC=O)C(=O)N(C(=O)N1CCNCC1)c1ccccc1. The molecule has 0 unspecified atom stereocenters. The largest absolute Gasteiger partial charge is 0.339 e. The molecule has 0 saturated carbocycles. The van der Waals surface area contributed by atoms with Crippen LogP contribution in [0.15, 0.2) is 30.3 Å². The van der Waals surface area contributed by atoms with Crippen molar-refractivity contribution in [3.63, 3.8) is 0 Å². The minimum atomic E-state index is -0.829. The average Bonchev–Trinajstić information content (AvgIpc) is 2.61. The standard InChI is InChI=1S/C16H20N4O4/c1-13(22)19(11-12-21)16(24)20(14-5-3-2-4-6-14)15(23)18-9-7-17-8-10-18/h2-6,12,17H,7-11H2,1H3. The van der Waals surface area contributed by atoms with Gasteiger partial charge in [0.05, 0.1) is 12.2 Å². The van der Waals surface area contributed by atoms with E-state index in [4.69, 9.17) is 0 Å². The van der Waals surface area contributed by atoms with E-state index in [0.717, 1.165) is 9.80 Å². The lowest BCUT2D eigenvalue weighted by atomic mass is 10.3. The second-order valence-corrected chi connectivity index (χ2v) is 5.27. The Morgan fingerprint density at radius 1 is 1.17 bits per heavy atom. The molecule has 5 amide bonds. The summed E-state index contributed by atoms with van der Waals surface area (Å²) in [6.45, 7) is 2.97. The monoisotopic (exact) mass is 332 g/mol. The minimum Gasteiger partial charge on any atom is -0.321 e. The van der Waals surface area contributed by atoms with Crippen molar-refractivity contribution >= 4 is 29.9 Å². The number of hydrogen-bond donors (Lipinski definition) is 1. The summed E-state index contributed by atoms with van der Waals surface area (Å²) in [5.74, 6) is -0.596. The summed E-state index contributed by atoms with van der Waals surface area (Å²) in [6, 6.07) is 7.02. The lowest BCUT2D eigenvalue weighted by Gasteiger charge is -2.33. The first-order valence-electron chi connectivity index (χ1n) is 7.66. The maximum Gasteiger partial charge on any atom is 0.339 e. The van der Waals surface area contributed by atoms with Crippen LogP contribution in [0.3, 0.4) is 0 Å². The minimum absolute atomic E-state index is 0.350. The summed E-state index contributed by atoms with van der Waals surface area (Å²) < 4.78 is 0. The summed E-state index contributed by atoms with van der Waals surface area (Å²) in [5.41, 5.74) is 0.350. The molecule has 0 bridgehead atoms. The third-order valence-corrected chi connectivity index (χ3v) is 3.65. The molecule has 1 aliphatic heterocycles. The molecule has 24 heavy (non-hydrogen) atoms. The van der Waals surface area contributed by atoms with Gasteiger partial charge in [0, 0.05) is 33.1 Å². The van der Waals surface area contributed by atoms with Gasteiger partial charge in [-0.25, -0.2) is 14.5 Å². The molecular formula is C16H20N4O4. The highest BCUT2D eigenvalue weighted by atomic mass is 16.2. The Hall–Kier alpha value is -2.74. The number of carbonyl (C=O) groups is 4. The number of carbonyl (C=O) groups excluding carboxylic acids is 4. The second kappa shape index (κ2) is 8.21. The zero-order chi connectivity index (χ0) is 17.5. The molecule has 1 fully saturated rings. The molecule has 0 radical (unpaired) electrons. The van der Waals surface area contributed by atoms with E-state index in [1.54, 1.807) is 35.2 Å². The van der Waals surface area contributed by atoms with E-state index in [1.807, 2.05) is 0 Å². The zero-order valence-corrected chi connectivity index (χ0v) is 13.5. The van der Waals surface area contributed by atoms with Crippen molar-refractivity contribution in [1.82, 2.24) is 15.1 Å². The molecule has 8 heteroatoms. The van der Waals surface area contributed by atoms with E-state index in [-0.39, 0.29) is 0 Å². The first kappa shape index (κ1) is 17.6. The fourth-order valence-corrected chi connectivity index (χ4v) is 2.41. The van der Waals surface area contributed by atoms with Crippen LogP contribution in [0.5, 0.6) is 0 Å². The van der Waals surface area contributed by atoms with Crippen LogP contribution in [0.25, 0.3) is 0 Å². The molecule has 1 heterocycles. The first-order chi connectivity index (χ1) is 11.6. The summed E-state index contributed by atoms with van der Waals surface area (Å²) in [6.07, 6.45) is 0.456. The van der Waals surface area contributed by atoms with Gasteiger partial charge >= 0.3 is 12.1 Å². The summed E-state index contributed by atoms with van der Waals surface area (Å²) >= 11 is 0. The van der Waals surface area contributed by atoms with Crippen molar-refractivity contribution in [3.8, 4) is 0 Å². The van der Waals surface area contributed by atoms with Crippen LogP contribution in [0.4, 0.5) is 15.3 Å². The van der Waals surface area contributed by atoms with Gasteiger partial charge < -0.3 is 15.0 Å². The Morgan fingerprint density at radius 3 is 2.33 bits per heavy atom. The molecule has 2 rings (SSSR count). The molecule has 1 aromatic rings.